The fourth-order valence-corrected chi connectivity index (χ4v) is 2.83. The van der Waals surface area contributed by atoms with E-state index in [0.29, 0.717) is 0 Å². The molecule has 0 spiro atoms. The van der Waals surface area contributed by atoms with Gasteiger partial charge in [0.05, 0.1) is 0 Å². The van der Waals surface area contributed by atoms with Crippen molar-refractivity contribution in [1.29, 1.82) is 0 Å². The maximum Gasteiger partial charge on any atom is 0.316 e. The van der Waals surface area contributed by atoms with E-state index in [2.05, 4.69) is 22.9 Å². The Hall–Kier alpha value is -0.480. The summed E-state index contributed by atoms with van der Waals surface area (Å²) in [6, 6.07) is 5.96. The van der Waals surface area contributed by atoms with Gasteiger partial charge in [-0.3, -0.25) is 4.79 Å². The zero-order chi connectivity index (χ0) is 12.8. The standard InChI is InChI=1S/C13H17BrO2S/c1-3-4-5-12(13(15)16)17-10-6-7-11(14)9(2)8-10/h6-8,12H,3-5H2,1-2H3,(H,15,16)/t12-/m1/s1. The molecule has 4 heteroatoms. The molecule has 1 aromatic carbocycles. The van der Waals surface area contributed by atoms with Gasteiger partial charge >= 0.3 is 5.97 Å². The molecule has 1 rings (SSSR count). The molecule has 0 saturated carbocycles. The van der Waals surface area contributed by atoms with E-state index in [1.165, 1.54) is 11.8 Å². The molecule has 0 radical (unpaired) electrons. The lowest BCUT2D eigenvalue weighted by Crippen LogP contribution is -2.15. The fraction of sp³-hybridized carbons (Fsp3) is 0.462. The van der Waals surface area contributed by atoms with Crippen LogP contribution in [0.25, 0.3) is 0 Å². The number of benzene rings is 1. The molecule has 0 bridgehead atoms. The largest absolute Gasteiger partial charge is 0.480 e. The quantitative estimate of drug-likeness (QED) is 0.785. The minimum Gasteiger partial charge on any atom is -0.480 e. The Morgan fingerprint density at radius 3 is 2.76 bits per heavy atom. The molecule has 94 valence electrons. The summed E-state index contributed by atoms with van der Waals surface area (Å²) in [6.07, 6.45) is 2.72. The van der Waals surface area contributed by atoms with Crippen molar-refractivity contribution in [3.63, 3.8) is 0 Å². The Kier molecular flexibility index (Phi) is 6.06. The van der Waals surface area contributed by atoms with Crippen LogP contribution in [0.5, 0.6) is 0 Å². The molecule has 17 heavy (non-hydrogen) atoms. The molecule has 1 N–H and O–H groups in total. The van der Waals surface area contributed by atoms with Crippen LogP contribution in [0.3, 0.4) is 0 Å². The van der Waals surface area contributed by atoms with Gasteiger partial charge in [-0.15, -0.1) is 11.8 Å². The van der Waals surface area contributed by atoms with Crippen molar-refractivity contribution in [2.24, 2.45) is 0 Å². The van der Waals surface area contributed by atoms with Gasteiger partial charge in [0.15, 0.2) is 0 Å². The summed E-state index contributed by atoms with van der Waals surface area (Å²) in [5, 5.41) is 8.82. The minimum atomic E-state index is -0.718. The first-order valence-electron chi connectivity index (χ1n) is 5.70. The summed E-state index contributed by atoms with van der Waals surface area (Å²) in [5.74, 6) is -0.718. The van der Waals surface area contributed by atoms with Crippen molar-refractivity contribution in [2.45, 2.75) is 43.3 Å². The van der Waals surface area contributed by atoms with Crippen LogP contribution in [0, 0.1) is 6.92 Å². The van der Waals surface area contributed by atoms with Gasteiger partial charge in [-0.25, -0.2) is 0 Å². The van der Waals surface area contributed by atoms with Gasteiger partial charge in [-0.1, -0.05) is 35.7 Å². The van der Waals surface area contributed by atoms with Crippen LogP contribution in [-0.4, -0.2) is 16.3 Å². The highest BCUT2D eigenvalue weighted by molar-refractivity contribution is 9.10. The zero-order valence-corrected chi connectivity index (χ0v) is 12.5. The van der Waals surface area contributed by atoms with Crippen LogP contribution in [0.1, 0.15) is 31.7 Å². The monoisotopic (exact) mass is 316 g/mol. The van der Waals surface area contributed by atoms with Gasteiger partial charge < -0.3 is 5.11 Å². The first kappa shape index (κ1) is 14.6. The minimum absolute atomic E-state index is 0.337. The SMILES string of the molecule is CCCC[C@@H](Sc1ccc(Br)c(C)c1)C(=O)O. The number of aryl methyl sites for hydroxylation is 1. The van der Waals surface area contributed by atoms with Crippen LogP contribution in [-0.2, 0) is 4.79 Å². The molecule has 1 atom stereocenters. The summed E-state index contributed by atoms with van der Waals surface area (Å²) in [5.41, 5.74) is 1.13. The van der Waals surface area contributed by atoms with E-state index in [1.807, 2.05) is 25.1 Å². The van der Waals surface area contributed by atoms with Crippen molar-refractivity contribution in [1.82, 2.24) is 0 Å². The number of carboxylic acid groups (broad SMARTS) is 1. The smallest absolute Gasteiger partial charge is 0.316 e. The topological polar surface area (TPSA) is 37.3 Å². The number of aliphatic carboxylic acids is 1. The predicted octanol–water partition coefficient (Wildman–Crippen LogP) is 4.49. The lowest BCUT2D eigenvalue weighted by atomic mass is 10.2. The van der Waals surface area contributed by atoms with E-state index >= 15 is 0 Å². The molecule has 0 fully saturated rings. The van der Waals surface area contributed by atoms with E-state index in [1.54, 1.807) is 0 Å². The van der Waals surface area contributed by atoms with Crippen LogP contribution in [0.2, 0.25) is 0 Å². The number of carbonyl (C=O) groups is 1. The van der Waals surface area contributed by atoms with Gasteiger partial charge in [0.25, 0.3) is 0 Å². The molecule has 1 aromatic rings. The van der Waals surface area contributed by atoms with E-state index in [0.717, 1.165) is 34.2 Å². The molecule has 0 aliphatic heterocycles. The van der Waals surface area contributed by atoms with Crippen LogP contribution >= 0.6 is 27.7 Å². The van der Waals surface area contributed by atoms with E-state index in [-0.39, 0.29) is 5.25 Å². The number of rotatable bonds is 6. The van der Waals surface area contributed by atoms with Crippen molar-refractivity contribution in [3.8, 4) is 0 Å². The van der Waals surface area contributed by atoms with Gasteiger partial charge in [0.2, 0.25) is 0 Å². The van der Waals surface area contributed by atoms with Gasteiger partial charge in [-0.2, -0.15) is 0 Å². The number of hydrogen-bond donors (Lipinski definition) is 1. The highest BCUT2D eigenvalue weighted by Gasteiger charge is 2.18. The van der Waals surface area contributed by atoms with Gasteiger partial charge in [-0.05, 0) is 37.1 Å². The molecule has 0 aromatic heterocycles. The third-order valence-electron chi connectivity index (χ3n) is 2.50. The highest BCUT2D eigenvalue weighted by Crippen LogP contribution is 2.29. The number of hydrogen-bond acceptors (Lipinski definition) is 2. The third kappa shape index (κ3) is 4.72. The number of carboxylic acids is 1. The Morgan fingerprint density at radius 1 is 1.53 bits per heavy atom. The van der Waals surface area contributed by atoms with E-state index in [4.69, 9.17) is 5.11 Å². The summed E-state index contributed by atoms with van der Waals surface area (Å²) in [7, 11) is 0. The van der Waals surface area contributed by atoms with Crippen molar-refractivity contribution in [2.75, 3.05) is 0 Å². The molecule has 0 aliphatic rings. The summed E-state index contributed by atoms with van der Waals surface area (Å²) >= 11 is 4.88. The lowest BCUT2D eigenvalue weighted by Gasteiger charge is -2.12. The predicted molar refractivity (Wildman–Crippen MR) is 75.7 cm³/mol. The highest BCUT2D eigenvalue weighted by atomic mass is 79.9. The Bertz CT molecular complexity index is 393. The normalized spacial score (nSPS) is 12.4. The fourth-order valence-electron chi connectivity index (χ4n) is 1.48. The third-order valence-corrected chi connectivity index (χ3v) is 4.64. The number of thioether (sulfide) groups is 1. The van der Waals surface area contributed by atoms with Crippen LogP contribution < -0.4 is 0 Å². The Labute approximate surface area is 115 Å². The molecular formula is C13H17BrO2S. The van der Waals surface area contributed by atoms with E-state index in [9.17, 15) is 4.79 Å². The Balaban J connectivity index is 2.71. The van der Waals surface area contributed by atoms with Gasteiger partial charge in [0.1, 0.15) is 5.25 Å². The van der Waals surface area contributed by atoms with Crippen molar-refractivity contribution >= 4 is 33.7 Å². The summed E-state index contributed by atoms with van der Waals surface area (Å²) in [6.45, 7) is 4.09. The average Bonchev–Trinajstić information content (AvgIpc) is 2.28. The molecule has 0 unspecified atom stereocenters. The number of unbranched alkanes of at least 4 members (excludes halogenated alkanes) is 1. The van der Waals surface area contributed by atoms with Crippen LogP contribution in [0.4, 0.5) is 0 Å². The van der Waals surface area contributed by atoms with Crippen molar-refractivity contribution < 1.29 is 9.90 Å². The maximum absolute atomic E-state index is 11.1. The second-order valence-electron chi connectivity index (χ2n) is 4.00. The average molecular weight is 317 g/mol. The first-order chi connectivity index (χ1) is 8.04. The lowest BCUT2D eigenvalue weighted by molar-refractivity contribution is -0.136. The van der Waals surface area contributed by atoms with E-state index < -0.39 is 5.97 Å². The molecule has 0 saturated heterocycles. The molecule has 2 nitrogen and oxygen atoms in total. The second-order valence-corrected chi connectivity index (χ2v) is 6.13. The molecule has 0 aliphatic carbocycles. The number of halogens is 1. The first-order valence-corrected chi connectivity index (χ1v) is 7.37. The van der Waals surface area contributed by atoms with Crippen molar-refractivity contribution in [3.05, 3.63) is 28.2 Å². The molecule has 0 amide bonds. The maximum atomic E-state index is 11.1. The van der Waals surface area contributed by atoms with Crippen LogP contribution in [0.15, 0.2) is 27.6 Å². The van der Waals surface area contributed by atoms with Gasteiger partial charge in [0, 0.05) is 9.37 Å². The second kappa shape index (κ2) is 7.07. The summed E-state index contributed by atoms with van der Waals surface area (Å²) < 4.78 is 1.06. The molecule has 0 heterocycles. The zero-order valence-electron chi connectivity index (χ0n) is 10.1. The Morgan fingerprint density at radius 2 is 2.24 bits per heavy atom. The molecular weight excluding hydrogens is 300 g/mol. The summed E-state index contributed by atoms with van der Waals surface area (Å²) in [4.78, 5) is 12.2.